The van der Waals surface area contributed by atoms with Gasteiger partial charge in [-0.2, -0.15) is 5.26 Å². The molecule has 27 heavy (non-hydrogen) atoms. The summed E-state index contributed by atoms with van der Waals surface area (Å²) in [6.45, 7) is 2.91. The molecule has 2 heterocycles. The lowest BCUT2D eigenvalue weighted by molar-refractivity contribution is -0.135. The first-order chi connectivity index (χ1) is 12.8. The van der Waals surface area contributed by atoms with Crippen molar-refractivity contribution in [2.45, 2.75) is 25.4 Å². The van der Waals surface area contributed by atoms with E-state index >= 15 is 0 Å². The number of urea groups is 1. The zero-order valence-corrected chi connectivity index (χ0v) is 14.9. The van der Waals surface area contributed by atoms with Crippen LogP contribution in [0.15, 0.2) is 47.1 Å². The molecule has 2 unspecified atom stereocenters. The number of nitrogens with one attached hydrogen (secondary N) is 2. The molecule has 4 amide bonds. The van der Waals surface area contributed by atoms with Crippen LogP contribution in [0.1, 0.15) is 36.8 Å². The summed E-state index contributed by atoms with van der Waals surface area (Å²) < 4.78 is 5.22. The van der Waals surface area contributed by atoms with Gasteiger partial charge in [0, 0.05) is 0 Å². The molecule has 8 nitrogen and oxygen atoms in total. The van der Waals surface area contributed by atoms with Gasteiger partial charge in [-0.25, -0.2) is 4.79 Å². The number of hydrogen-bond acceptors (Lipinski definition) is 5. The Morgan fingerprint density at radius 2 is 2.04 bits per heavy atom. The maximum Gasteiger partial charge on any atom is 0.325 e. The van der Waals surface area contributed by atoms with Gasteiger partial charge in [0.1, 0.15) is 17.8 Å². The van der Waals surface area contributed by atoms with Crippen molar-refractivity contribution >= 4 is 17.8 Å². The summed E-state index contributed by atoms with van der Waals surface area (Å²) in [7, 11) is 0. The second-order valence-electron chi connectivity index (χ2n) is 6.44. The summed E-state index contributed by atoms with van der Waals surface area (Å²) in [5.41, 5.74) is -0.313. The molecule has 1 saturated heterocycles. The van der Waals surface area contributed by atoms with E-state index in [9.17, 15) is 14.4 Å². The summed E-state index contributed by atoms with van der Waals surface area (Å²) in [4.78, 5) is 38.3. The molecule has 2 aromatic rings. The van der Waals surface area contributed by atoms with Gasteiger partial charge in [0.05, 0.1) is 23.9 Å². The molecule has 0 spiro atoms. The number of rotatable bonds is 5. The predicted octanol–water partition coefficient (Wildman–Crippen LogP) is 1.80. The van der Waals surface area contributed by atoms with Gasteiger partial charge < -0.3 is 15.1 Å². The Labute approximate surface area is 155 Å². The van der Waals surface area contributed by atoms with Crippen LogP contribution in [-0.2, 0) is 15.1 Å². The Hall–Kier alpha value is -3.60. The van der Waals surface area contributed by atoms with E-state index in [4.69, 9.17) is 9.68 Å². The summed E-state index contributed by atoms with van der Waals surface area (Å²) >= 11 is 0. The number of hydrogen-bond donors (Lipinski definition) is 2. The fourth-order valence-electron chi connectivity index (χ4n) is 2.95. The molecule has 0 saturated carbocycles. The summed E-state index contributed by atoms with van der Waals surface area (Å²) in [6, 6.07) is 10.8. The van der Waals surface area contributed by atoms with Gasteiger partial charge in [0.15, 0.2) is 0 Å². The van der Waals surface area contributed by atoms with Crippen LogP contribution in [0.5, 0.6) is 0 Å². The van der Waals surface area contributed by atoms with Crippen LogP contribution in [0.4, 0.5) is 4.79 Å². The minimum Gasteiger partial charge on any atom is -0.467 e. The van der Waals surface area contributed by atoms with Gasteiger partial charge in [0.2, 0.25) is 5.91 Å². The molecule has 3 rings (SSSR count). The molecule has 2 N–H and O–H groups in total. The monoisotopic (exact) mass is 366 g/mol. The minimum absolute atomic E-state index is 0.391. The summed E-state index contributed by atoms with van der Waals surface area (Å²) in [5.74, 6) is -0.438. The minimum atomic E-state index is -1.29. The molecule has 1 aliphatic heterocycles. The Balaban J connectivity index is 1.71. The van der Waals surface area contributed by atoms with Gasteiger partial charge in [-0.05, 0) is 43.7 Å². The Kier molecular flexibility index (Phi) is 4.69. The van der Waals surface area contributed by atoms with E-state index in [-0.39, 0.29) is 0 Å². The number of nitrogens with zero attached hydrogens (tertiary/aromatic N) is 2. The topological polar surface area (TPSA) is 115 Å². The molecular weight excluding hydrogens is 348 g/mol. The number of amides is 4. The van der Waals surface area contributed by atoms with Crippen LogP contribution in [0.25, 0.3) is 0 Å². The van der Waals surface area contributed by atoms with Gasteiger partial charge in [-0.3, -0.25) is 14.5 Å². The van der Waals surface area contributed by atoms with E-state index in [1.54, 1.807) is 50.2 Å². The fraction of sp³-hybridized carbons (Fsp3) is 0.263. The van der Waals surface area contributed by atoms with Crippen LogP contribution in [0, 0.1) is 11.3 Å². The van der Waals surface area contributed by atoms with Crippen molar-refractivity contribution in [2.24, 2.45) is 0 Å². The van der Waals surface area contributed by atoms with Gasteiger partial charge in [-0.1, -0.05) is 12.1 Å². The van der Waals surface area contributed by atoms with Crippen molar-refractivity contribution in [2.75, 3.05) is 6.54 Å². The second kappa shape index (κ2) is 6.96. The van der Waals surface area contributed by atoms with Crippen molar-refractivity contribution in [1.82, 2.24) is 15.5 Å². The van der Waals surface area contributed by atoms with Crippen LogP contribution in [0.2, 0.25) is 0 Å². The highest BCUT2D eigenvalue weighted by Crippen LogP contribution is 2.29. The number of imide groups is 1. The van der Waals surface area contributed by atoms with Crippen molar-refractivity contribution in [3.63, 3.8) is 0 Å². The largest absolute Gasteiger partial charge is 0.467 e. The van der Waals surface area contributed by atoms with Crippen molar-refractivity contribution in [1.29, 1.82) is 5.26 Å². The molecule has 0 bridgehead atoms. The SMILES string of the molecule is CC(NC(=O)CN1C(=O)NC(C)(c2ccc(C#N)cc2)C1=O)c1ccco1. The highest BCUT2D eigenvalue weighted by molar-refractivity contribution is 6.09. The summed E-state index contributed by atoms with van der Waals surface area (Å²) in [6.07, 6.45) is 1.50. The van der Waals surface area contributed by atoms with E-state index in [0.29, 0.717) is 16.9 Å². The normalized spacial score (nSPS) is 20.1. The molecule has 138 valence electrons. The quantitative estimate of drug-likeness (QED) is 0.783. The highest BCUT2D eigenvalue weighted by Gasteiger charge is 2.49. The molecular formula is C19H18N4O4. The molecule has 1 aliphatic rings. The first-order valence-electron chi connectivity index (χ1n) is 8.32. The fourth-order valence-corrected chi connectivity index (χ4v) is 2.95. The third-order valence-electron chi connectivity index (χ3n) is 4.52. The smallest absolute Gasteiger partial charge is 0.325 e. The van der Waals surface area contributed by atoms with E-state index < -0.39 is 36.0 Å². The Morgan fingerprint density at radius 3 is 2.63 bits per heavy atom. The van der Waals surface area contributed by atoms with E-state index in [1.807, 2.05) is 6.07 Å². The highest BCUT2D eigenvalue weighted by atomic mass is 16.3. The predicted molar refractivity (Wildman–Crippen MR) is 94.0 cm³/mol. The molecule has 0 aliphatic carbocycles. The lowest BCUT2D eigenvalue weighted by atomic mass is 9.91. The van der Waals surface area contributed by atoms with Gasteiger partial charge in [0.25, 0.3) is 5.91 Å². The van der Waals surface area contributed by atoms with Crippen molar-refractivity contribution < 1.29 is 18.8 Å². The van der Waals surface area contributed by atoms with Gasteiger partial charge in [-0.15, -0.1) is 0 Å². The number of nitriles is 1. The number of carbonyl (C=O) groups excluding carboxylic acids is 3. The first kappa shape index (κ1) is 18.2. The lowest BCUT2D eigenvalue weighted by Gasteiger charge is -2.22. The molecule has 2 atom stereocenters. The second-order valence-corrected chi connectivity index (χ2v) is 6.44. The molecule has 8 heteroatoms. The molecule has 0 radical (unpaired) electrons. The zero-order valence-electron chi connectivity index (χ0n) is 14.9. The third kappa shape index (κ3) is 3.40. The van der Waals surface area contributed by atoms with Crippen LogP contribution in [0.3, 0.4) is 0 Å². The number of furan rings is 1. The first-order valence-corrected chi connectivity index (χ1v) is 8.32. The average Bonchev–Trinajstić information content (AvgIpc) is 3.26. The molecule has 1 aromatic heterocycles. The Morgan fingerprint density at radius 1 is 1.33 bits per heavy atom. The summed E-state index contributed by atoms with van der Waals surface area (Å²) in [5, 5.41) is 14.2. The number of benzene rings is 1. The Bertz CT molecular complexity index is 914. The zero-order chi connectivity index (χ0) is 19.6. The maximum absolute atomic E-state index is 12.8. The van der Waals surface area contributed by atoms with E-state index in [2.05, 4.69) is 10.6 Å². The molecule has 1 fully saturated rings. The lowest BCUT2D eigenvalue weighted by Crippen LogP contribution is -2.43. The van der Waals surface area contributed by atoms with Crippen molar-refractivity contribution in [3.05, 3.63) is 59.5 Å². The van der Waals surface area contributed by atoms with Crippen LogP contribution >= 0.6 is 0 Å². The average molecular weight is 366 g/mol. The van der Waals surface area contributed by atoms with E-state index in [1.165, 1.54) is 6.26 Å². The van der Waals surface area contributed by atoms with Crippen molar-refractivity contribution in [3.8, 4) is 6.07 Å². The third-order valence-corrected chi connectivity index (χ3v) is 4.52. The molecule has 1 aromatic carbocycles. The van der Waals surface area contributed by atoms with Gasteiger partial charge >= 0.3 is 6.03 Å². The van der Waals surface area contributed by atoms with Crippen LogP contribution in [-0.4, -0.2) is 29.3 Å². The van der Waals surface area contributed by atoms with Crippen LogP contribution < -0.4 is 10.6 Å². The maximum atomic E-state index is 12.8. The standard InChI is InChI=1S/C19H18N4O4/c1-12(15-4-3-9-27-15)21-16(24)11-23-17(25)19(2,22-18(23)26)14-7-5-13(10-20)6-8-14/h3-9,12H,11H2,1-2H3,(H,21,24)(H,22,26). The number of carbonyl (C=O) groups is 3. The van der Waals surface area contributed by atoms with E-state index in [0.717, 1.165) is 4.90 Å².